The minimum atomic E-state index is -2.97. The maximum absolute atomic E-state index is 13.1. The number of benzene rings is 2. The van der Waals surface area contributed by atoms with Crippen LogP contribution < -0.4 is 20.5 Å². The summed E-state index contributed by atoms with van der Waals surface area (Å²) < 4.78 is 39.3. The molecule has 1 saturated heterocycles. The normalized spacial score (nSPS) is 15.3. The number of anilines is 1. The molecule has 4 aromatic rings. The van der Waals surface area contributed by atoms with Crippen molar-refractivity contribution in [3.63, 3.8) is 0 Å². The molecule has 2 aromatic carbocycles. The van der Waals surface area contributed by atoms with Crippen LogP contribution in [0.15, 0.2) is 53.6 Å². The number of alkyl halides is 2. The fraction of sp³-hybridized carbons (Fsp3) is 0.424. The van der Waals surface area contributed by atoms with Gasteiger partial charge in [0.1, 0.15) is 17.9 Å². The van der Waals surface area contributed by atoms with Crippen LogP contribution in [-0.4, -0.2) is 80.7 Å². The maximum Gasteiger partial charge on any atom is 0.408 e. The van der Waals surface area contributed by atoms with Crippen molar-refractivity contribution in [2.45, 2.75) is 59.4 Å². The Morgan fingerprint density at radius 1 is 1.06 bits per heavy atom. The quantitative estimate of drug-likeness (QED) is 0.299. The average molecular weight is 652 g/mol. The second kappa shape index (κ2) is 13.4. The number of rotatable bonds is 8. The molecule has 0 bridgehead atoms. The first-order valence-electron chi connectivity index (χ1n) is 15.3. The predicted octanol–water partition coefficient (Wildman–Crippen LogP) is 4.32. The minimum absolute atomic E-state index is 0.0528. The van der Waals surface area contributed by atoms with Crippen molar-refractivity contribution < 1.29 is 27.8 Å². The van der Waals surface area contributed by atoms with E-state index in [4.69, 9.17) is 9.47 Å². The summed E-state index contributed by atoms with van der Waals surface area (Å²) >= 11 is 0. The lowest BCUT2D eigenvalue weighted by atomic mass is 10.1. The summed E-state index contributed by atoms with van der Waals surface area (Å²) in [4.78, 5) is 50.7. The van der Waals surface area contributed by atoms with Gasteiger partial charge in [0.05, 0.1) is 17.4 Å². The molecular formula is C33H39F2N7O5. The molecule has 47 heavy (non-hydrogen) atoms. The third-order valence-corrected chi connectivity index (χ3v) is 7.90. The Morgan fingerprint density at radius 2 is 1.79 bits per heavy atom. The van der Waals surface area contributed by atoms with Crippen LogP contribution in [0.3, 0.4) is 0 Å². The van der Waals surface area contributed by atoms with E-state index in [1.165, 1.54) is 10.7 Å². The molecule has 1 N–H and O–H groups in total. The summed E-state index contributed by atoms with van der Waals surface area (Å²) in [6.45, 7) is 7.53. The Balaban J connectivity index is 1.30. The molecule has 0 saturated carbocycles. The van der Waals surface area contributed by atoms with Crippen LogP contribution in [0.5, 0.6) is 5.75 Å². The Labute approximate surface area is 270 Å². The number of nitrogens with zero attached hydrogens (tertiary/aromatic N) is 6. The fourth-order valence-corrected chi connectivity index (χ4v) is 5.65. The molecule has 250 valence electrons. The Bertz CT molecular complexity index is 1830. The number of ether oxygens (including phenoxy) is 2. The number of aryl methyl sites for hydroxylation is 1. The van der Waals surface area contributed by atoms with E-state index in [-0.39, 0.29) is 36.3 Å². The predicted molar refractivity (Wildman–Crippen MR) is 173 cm³/mol. The van der Waals surface area contributed by atoms with Gasteiger partial charge in [0, 0.05) is 56.2 Å². The van der Waals surface area contributed by atoms with E-state index in [0.717, 1.165) is 16.7 Å². The van der Waals surface area contributed by atoms with Crippen molar-refractivity contribution in [1.82, 2.24) is 29.5 Å². The molecule has 0 aliphatic carbocycles. The van der Waals surface area contributed by atoms with Gasteiger partial charge in [-0.1, -0.05) is 23.8 Å². The summed E-state index contributed by atoms with van der Waals surface area (Å²) in [7, 11) is 1.63. The number of piperazine rings is 1. The molecule has 0 spiro atoms. The van der Waals surface area contributed by atoms with Gasteiger partial charge >= 0.3 is 12.7 Å². The van der Waals surface area contributed by atoms with Crippen LogP contribution in [-0.2, 0) is 23.1 Å². The number of hydrogen-bond donors (Lipinski definition) is 1. The molecule has 2 amide bonds. The van der Waals surface area contributed by atoms with Gasteiger partial charge in [-0.3, -0.25) is 19.0 Å². The number of halogens is 2. The summed E-state index contributed by atoms with van der Waals surface area (Å²) in [5, 5.41) is 3.01. The van der Waals surface area contributed by atoms with E-state index in [2.05, 4.69) is 15.3 Å². The molecule has 12 nitrogen and oxygen atoms in total. The Kier molecular flexibility index (Phi) is 9.50. The number of hydrogen-bond acceptors (Lipinski definition) is 8. The smallest absolute Gasteiger partial charge is 0.408 e. The molecule has 1 aliphatic heterocycles. The lowest BCUT2D eigenvalue weighted by Crippen LogP contribution is -2.56. The van der Waals surface area contributed by atoms with Crippen LogP contribution in [0.2, 0.25) is 0 Å². The molecule has 0 radical (unpaired) electrons. The van der Waals surface area contributed by atoms with Crippen LogP contribution in [0.25, 0.3) is 22.0 Å². The van der Waals surface area contributed by atoms with Crippen molar-refractivity contribution in [2.75, 3.05) is 31.1 Å². The van der Waals surface area contributed by atoms with E-state index >= 15 is 0 Å². The fourth-order valence-electron chi connectivity index (χ4n) is 5.65. The van der Waals surface area contributed by atoms with Crippen LogP contribution >= 0.6 is 0 Å². The molecule has 0 unspecified atom stereocenters. The lowest BCUT2D eigenvalue weighted by Gasteiger charge is -2.39. The summed E-state index contributed by atoms with van der Waals surface area (Å²) in [5.41, 5.74) is 2.66. The van der Waals surface area contributed by atoms with Gasteiger partial charge in [0.2, 0.25) is 11.9 Å². The second-order valence-electron chi connectivity index (χ2n) is 12.6. The maximum atomic E-state index is 13.1. The highest BCUT2D eigenvalue weighted by atomic mass is 19.3. The molecule has 1 atom stereocenters. The van der Waals surface area contributed by atoms with E-state index in [1.54, 1.807) is 68.0 Å². The van der Waals surface area contributed by atoms with Crippen molar-refractivity contribution in [1.29, 1.82) is 0 Å². The van der Waals surface area contributed by atoms with Crippen LogP contribution in [0.4, 0.5) is 19.5 Å². The molecule has 3 heterocycles. The second-order valence-corrected chi connectivity index (χ2v) is 12.6. The third kappa shape index (κ3) is 7.69. The monoisotopic (exact) mass is 651 g/mol. The van der Waals surface area contributed by atoms with E-state index in [0.29, 0.717) is 42.0 Å². The average Bonchev–Trinajstić information content (AvgIpc) is 3.24. The van der Waals surface area contributed by atoms with Gasteiger partial charge in [-0.15, -0.1) is 0 Å². The van der Waals surface area contributed by atoms with Gasteiger partial charge in [-0.2, -0.15) is 8.78 Å². The third-order valence-electron chi connectivity index (χ3n) is 7.90. The largest absolute Gasteiger partial charge is 0.444 e. The number of alkyl carbamates (subject to hydrolysis) is 1. The van der Waals surface area contributed by atoms with Gasteiger partial charge in [0.25, 0.3) is 5.56 Å². The van der Waals surface area contributed by atoms with Crippen molar-refractivity contribution >= 4 is 28.9 Å². The number of nitrogens with one attached hydrogen (secondary N) is 1. The van der Waals surface area contributed by atoms with Crippen molar-refractivity contribution in [2.24, 2.45) is 7.05 Å². The summed E-state index contributed by atoms with van der Waals surface area (Å²) in [6.07, 6.45) is 2.77. The molecule has 1 aliphatic rings. The zero-order valence-electron chi connectivity index (χ0n) is 27.3. The first-order valence-corrected chi connectivity index (χ1v) is 15.3. The van der Waals surface area contributed by atoms with Gasteiger partial charge in [0.15, 0.2) is 0 Å². The van der Waals surface area contributed by atoms with E-state index < -0.39 is 18.3 Å². The van der Waals surface area contributed by atoms with E-state index in [9.17, 15) is 23.2 Å². The minimum Gasteiger partial charge on any atom is -0.444 e. The molecule has 14 heteroatoms. The topological polar surface area (TPSA) is 124 Å². The van der Waals surface area contributed by atoms with Gasteiger partial charge < -0.3 is 24.6 Å². The zero-order valence-corrected chi connectivity index (χ0v) is 27.3. The first kappa shape index (κ1) is 33.4. The first-order chi connectivity index (χ1) is 22.2. The van der Waals surface area contributed by atoms with Gasteiger partial charge in [-0.25, -0.2) is 14.8 Å². The molecule has 2 aromatic heterocycles. The highest BCUT2D eigenvalue weighted by Gasteiger charge is 2.29. The SMILES string of the molecule is Cc1ccc(OC(F)F)c(Cn2c3cc(-c4cnc(N5CCN(C(=O)CNC(=O)OC(C)(C)C)[C@H](C)C5)nc4)ccc3c(=O)n2C)c1. The molecular weight excluding hydrogens is 612 g/mol. The molecule has 1 fully saturated rings. The van der Waals surface area contributed by atoms with Crippen molar-refractivity contribution in [3.05, 3.63) is 70.3 Å². The zero-order chi connectivity index (χ0) is 34.0. The number of carbonyl (C=O) groups is 2. The summed E-state index contributed by atoms with van der Waals surface area (Å²) in [5.74, 6) is 0.370. The molecule has 5 rings (SSSR count). The Hall–Kier alpha value is -5.01. The number of amides is 2. The number of fused-ring (bicyclic) bond motifs is 1. The summed E-state index contributed by atoms with van der Waals surface area (Å²) in [6, 6.07) is 10.2. The lowest BCUT2D eigenvalue weighted by molar-refractivity contribution is -0.132. The van der Waals surface area contributed by atoms with Crippen molar-refractivity contribution in [3.8, 4) is 16.9 Å². The van der Waals surface area contributed by atoms with E-state index in [1.807, 2.05) is 30.9 Å². The van der Waals surface area contributed by atoms with Crippen LogP contribution in [0.1, 0.15) is 38.8 Å². The highest BCUT2D eigenvalue weighted by Crippen LogP contribution is 2.27. The number of carbonyl (C=O) groups excluding carboxylic acids is 2. The Morgan fingerprint density at radius 3 is 2.45 bits per heavy atom. The van der Waals surface area contributed by atoms with Gasteiger partial charge in [-0.05, 0) is 58.4 Å². The van der Waals surface area contributed by atoms with Crippen LogP contribution in [0, 0.1) is 6.92 Å². The standard InChI is InChI=1S/C33H39F2N7O5/c1-20-7-10-27(46-30(34)35)23(13-20)19-42-26-14-22(8-9-25(26)29(44)39(42)6)24-15-36-31(37-16-24)40-11-12-41(21(2)18-40)28(43)17-38-32(45)47-33(3,4)5/h7-10,13-16,21,30H,11-12,17-19H2,1-6H3,(H,38,45)/t21-/m1/s1. The number of aromatic nitrogens is 4. The highest BCUT2D eigenvalue weighted by molar-refractivity contribution is 5.85.